The van der Waals surface area contributed by atoms with Crippen LogP contribution in [0.2, 0.25) is 0 Å². The molecule has 1 atom stereocenters. The van der Waals surface area contributed by atoms with Crippen LogP contribution in [0.15, 0.2) is 36.8 Å². The van der Waals surface area contributed by atoms with Crippen LogP contribution < -0.4 is 11.1 Å². The SMILES string of the molecule is CC(Cn1cccn1)NC(=O)c1ccc(N)nc1. The van der Waals surface area contributed by atoms with Gasteiger partial charge in [-0.15, -0.1) is 0 Å². The van der Waals surface area contributed by atoms with E-state index in [1.54, 1.807) is 23.0 Å². The standard InChI is InChI=1S/C12H15N5O/c1-9(8-17-6-2-5-15-17)16-12(18)10-3-4-11(13)14-7-10/h2-7,9H,8H2,1H3,(H2,13,14)(H,16,18). The Labute approximate surface area is 105 Å². The van der Waals surface area contributed by atoms with Gasteiger partial charge in [0, 0.05) is 24.6 Å². The summed E-state index contributed by atoms with van der Waals surface area (Å²) in [5.41, 5.74) is 5.96. The maximum atomic E-state index is 11.9. The molecule has 1 amide bonds. The first-order chi connectivity index (χ1) is 8.65. The van der Waals surface area contributed by atoms with Gasteiger partial charge in [-0.3, -0.25) is 9.48 Å². The van der Waals surface area contributed by atoms with Gasteiger partial charge in [0.25, 0.3) is 5.91 Å². The van der Waals surface area contributed by atoms with E-state index in [4.69, 9.17) is 5.73 Å². The van der Waals surface area contributed by atoms with Gasteiger partial charge in [0.05, 0.1) is 12.1 Å². The second-order valence-corrected chi connectivity index (χ2v) is 4.07. The Morgan fingerprint density at radius 3 is 3.00 bits per heavy atom. The molecule has 2 heterocycles. The van der Waals surface area contributed by atoms with Crippen molar-refractivity contribution in [2.75, 3.05) is 5.73 Å². The number of hydrogen-bond donors (Lipinski definition) is 2. The van der Waals surface area contributed by atoms with Crippen LogP contribution in [0.4, 0.5) is 5.82 Å². The number of rotatable bonds is 4. The van der Waals surface area contributed by atoms with Gasteiger partial charge in [-0.1, -0.05) is 0 Å². The third kappa shape index (κ3) is 3.07. The van der Waals surface area contributed by atoms with E-state index in [2.05, 4.69) is 15.4 Å². The van der Waals surface area contributed by atoms with Gasteiger partial charge in [-0.05, 0) is 25.1 Å². The Balaban J connectivity index is 1.92. The summed E-state index contributed by atoms with van der Waals surface area (Å²) < 4.78 is 1.77. The summed E-state index contributed by atoms with van der Waals surface area (Å²) in [6, 6.07) is 5.08. The number of aromatic nitrogens is 3. The summed E-state index contributed by atoms with van der Waals surface area (Å²) >= 11 is 0. The average Bonchev–Trinajstić information content (AvgIpc) is 2.82. The highest BCUT2D eigenvalue weighted by Crippen LogP contribution is 2.02. The van der Waals surface area contributed by atoms with E-state index in [9.17, 15) is 4.79 Å². The zero-order valence-electron chi connectivity index (χ0n) is 10.1. The molecular formula is C12H15N5O. The third-order valence-electron chi connectivity index (χ3n) is 2.45. The molecule has 0 spiro atoms. The number of anilines is 1. The number of nitrogens with two attached hydrogens (primary N) is 1. The normalized spacial score (nSPS) is 12.1. The molecule has 2 rings (SSSR count). The van der Waals surface area contributed by atoms with Crippen LogP contribution in [0.1, 0.15) is 17.3 Å². The first-order valence-corrected chi connectivity index (χ1v) is 5.65. The van der Waals surface area contributed by atoms with Crippen molar-refractivity contribution in [2.24, 2.45) is 0 Å². The molecule has 0 aliphatic heterocycles. The van der Waals surface area contributed by atoms with Gasteiger partial charge in [-0.2, -0.15) is 5.10 Å². The summed E-state index contributed by atoms with van der Waals surface area (Å²) in [5.74, 6) is 0.235. The Hall–Kier alpha value is -2.37. The smallest absolute Gasteiger partial charge is 0.253 e. The number of hydrogen-bond acceptors (Lipinski definition) is 4. The van der Waals surface area contributed by atoms with Crippen molar-refractivity contribution in [1.82, 2.24) is 20.1 Å². The highest BCUT2D eigenvalue weighted by Gasteiger charge is 2.10. The molecule has 94 valence electrons. The van der Waals surface area contributed by atoms with Gasteiger partial charge in [0.2, 0.25) is 0 Å². The molecule has 1 unspecified atom stereocenters. The zero-order valence-corrected chi connectivity index (χ0v) is 10.1. The van der Waals surface area contributed by atoms with Gasteiger partial charge in [0.15, 0.2) is 0 Å². The van der Waals surface area contributed by atoms with Gasteiger partial charge in [-0.25, -0.2) is 4.98 Å². The van der Waals surface area contributed by atoms with E-state index in [0.717, 1.165) is 0 Å². The minimum atomic E-state index is -0.165. The molecule has 6 heteroatoms. The van der Waals surface area contributed by atoms with Crippen LogP contribution in [-0.2, 0) is 6.54 Å². The maximum Gasteiger partial charge on any atom is 0.253 e. The molecule has 0 saturated heterocycles. The lowest BCUT2D eigenvalue weighted by molar-refractivity contribution is 0.0935. The lowest BCUT2D eigenvalue weighted by atomic mass is 10.2. The van der Waals surface area contributed by atoms with E-state index < -0.39 is 0 Å². The summed E-state index contributed by atoms with van der Waals surface area (Å²) in [5, 5.41) is 6.96. The van der Waals surface area contributed by atoms with Crippen LogP contribution in [0, 0.1) is 0 Å². The third-order valence-corrected chi connectivity index (χ3v) is 2.45. The monoisotopic (exact) mass is 245 g/mol. The van der Waals surface area contributed by atoms with E-state index in [1.807, 2.05) is 19.2 Å². The lowest BCUT2D eigenvalue weighted by Crippen LogP contribution is -2.35. The van der Waals surface area contributed by atoms with Crippen molar-refractivity contribution >= 4 is 11.7 Å². The van der Waals surface area contributed by atoms with Crippen molar-refractivity contribution in [3.8, 4) is 0 Å². The first-order valence-electron chi connectivity index (χ1n) is 5.65. The number of carbonyl (C=O) groups is 1. The average molecular weight is 245 g/mol. The number of amides is 1. The largest absolute Gasteiger partial charge is 0.384 e. The summed E-state index contributed by atoms with van der Waals surface area (Å²) in [4.78, 5) is 15.8. The van der Waals surface area contributed by atoms with Crippen LogP contribution in [0.5, 0.6) is 0 Å². The van der Waals surface area contributed by atoms with Crippen molar-refractivity contribution in [1.29, 1.82) is 0 Å². The molecule has 18 heavy (non-hydrogen) atoms. The second kappa shape index (κ2) is 5.31. The Morgan fingerprint density at radius 2 is 2.39 bits per heavy atom. The van der Waals surface area contributed by atoms with Crippen LogP contribution in [0.3, 0.4) is 0 Å². The summed E-state index contributed by atoms with van der Waals surface area (Å²) in [6.07, 6.45) is 5.02. The van der Waals surface area contributed by atoms with Crippen molar-refractivity contribution in [3.63, 3.8) is 0 Å². The fourth-order valence-electron chi connectivity index (χ4n) is 1.58. The van der Waals surface area contributed by atoms with E-state index >= 15 is 0 Å². The molecule has 0 radical (unpaired) electrons. The number of carbonyl (C=O) groups excluding carboxylic acids is 1. The molecule has 2 aromatic heterocycles. The van der Waals surface area contributed by atoms with Crippen molar-refractivity contribution < 1.29 is 4.79 Å². The van der Waals surface area contributed by atoms with E-state index in [-0.39, 0.29) is 11.9 Å². The van der Waals surface area contributed by atoms with E-state index in [0.29, 0.717) is 17.9 Å². The second-order valence-electron chi connectivity index (χ2n) is 4.07. The first kappa shape index (κ1) is 12.1. The fourth-order valence-corrected chi connectivity index (χ4v) is 1.58. The molecular weight excluding hydrogens is 230 g/mol. The van der Waals surface area contributed by atoms with Gasteiger partial charge >= 0.3 is 0 Å². The lowest BCUT2D eigenvalue weighted by Gasteiger charge is -2.13. The van der Waals surface area contributed by atoms with Crippen molar-refractivity contribution in [2.45, 2.75) is 19.5 Å². The number of nitrogen functional groups attached to an aromatic ring is 1. The van der Waals surface area contributed by atoms with E-state index in [1.165, 1.54) is 6.20 Å². The Kier molecular flexibility index (Phi) is 3.57. The molecule has 0 aliphatic rings. The number of pyridine rings is 1. The zero-order chi connectivity index (χ0) is 13.0. The predicted octanol–water partition coefficient (Wildman–Crippen LogP) is 0.679. The molecule has 6 nitrogen and oxygen atoms in total. The quantitative estimate of drug-likeness (QED) is 0.829. The van der Waals surface area contributed by atoms with Crippen LogP contribution >= 0.6 is 0 Å². The minimum Gasteiger partial charge on any atom is -0.384 e. The molecule has 2 aromatic rings. The number of nitrogens with zero attached hydrogens (tertiary/aromatic N) is 3. The van der Waals surface area contributed by atoms with Crippen molar-refractivity contribution in [3.05, 3.63) is 42.4 Å². The number of nitrogens with one attached hydrogen (secondary N) is 1. The molecule has 0 fully saturated rings. The topological polar surface area (TPSA) is 85.8 Å². The summed E-state index contributed by atoms with van der Waals surface area (Å²) in [7, 11) is 0. The maximum absolute atomic E-state index is 11.9. The highest BCUT2D eigenvalue weighted by molar-refractivity contribution is 5.94. The predicted molar refractivity (Wildman–Crippen MR) is 67.8 cm³/mol. The molecule has 3 N–H and O–H groups in total. The highest BCUT2D eigenvalue weighted by atomic mass is 16.1. The Bertz CT molecular complexity index is 506. The van der Waals surface area contributed by atoms with Gasteiger partial charge in [0.1, 0.15) is 5.82 Å². The molecule has 0 aromatic carbocycles. The Morgan fingerprint density at radius 1 is 1.56 bits per heavy atom. The molecule has 0 saturated carbocycles. The molecule has 0 bridgehead atoms. The minimum absolute atomic E-state index is 0.0186. The summed E-state index contributed by atoms with van der Waals surface area (Å²) in [6.45, 7) is 2.55. The molecule has 0 aliphatic carbocycles. The van der Waals surface area contributed by atoms with Crippen LogP contribution in [-0.4, -0.2) is 26.7 Å². The van der Waals surface area contributed by atoms with Crippen LogP contribution in [0.25, 0.3) is 0 Å². The fraction of sp³-hybridized carbons (Fsp3) is 0.250. The van der Waals surface area contributed by atoms with Gasteiger partial charge < -0.3 is 11.1 Å².